The van der Waals surface area contributed by atoms with Crippen molar-refractivity contribution < 1.29 is 14.1 Å². The van der Waals surface area contributed by atoms with E-state index >= 15 is 0 Å². The number of hydrogen-bond donors (Lipinski definition) is 2. The molecule has 0 aliphatic heterocycles. The Bertz CT molecular complexity index is 985. The zero-order chi connectivity index (χ0) is 19.4. The summed E-state index contributed by atoms with van der Waals surface area (Å²) in [6.45, 7) is 7.47. The Balaban J connectivity index is 1.70. The predicted octanol–water partition coefficient (Wildman–Crippen LogP) is 1.80. The van der Waals surface area contributed by atoms with Crippen molar-refractivity contribution in [3.63, 3.8) is 0 Å². The van der Waals surface area contributed by atoms with Crippen molar-refractivity contribution in [2.45, 2.75) is 39.8 Å². The van der Waals surface area contributed by atoms with Gasteiger partial charge in [0.1, 0.15) is 0 Å². The first-order chi connectivity index (χ1) is 13.0. The molecule has 0 radical (unpaired) electrons. The average molecular weight is 373 g/mol. The number of carbonyl (C=O) groups is 1. The molecule has 27 heavy (non-hydrogen) atoms. The highest BCUT2D eigenvalue weighted by molar-refractivity contribution is 5.97. The van der Waals surface area contributed by atoms with Crippen LogP contribution in [0.4, 0.5) is 0 Å². The van der Waals surface area contributed by atoms with Crippen molar-refractivity contribution in [1.82, 2.24) is 25.0 Å². The van der Waals surface area contributed by atoms with Crippen LogP contribution in [0.25, 0.3) is 11.0 Å². The summed E-state index contributed by atoms with van der Waals surface area (Å²) in [6.07, 6.45) is 0. The number of carbonyl (C=O) groups excluding carboxylic acids is 1. The van der Waals surface area contributed by atoms with Crippen LogP contribution in [0.3, 0.4) is 0 Å². The van der Waals surface area contributed by atoms with Gasteiger partial charge in [-0.1, -0.05) is 19.0 Å². The minimum Gasteiger partial charge on any atom is -0.380 e. The number of aromatic nitrogens is 4. The number of rotatable bonds is 8. The second-order valence-electron chi connectivity index (χ2n) is 6.39. The van der Waals surface area contributed by atoms with Crippen molar-refractivity contribution in [3.8, 4) is 0 Å². The molecule has 2 aromatic heterocycles. The van der Waals surface area contributed by atoms with E-state index in [1.807, 2.05) is 20.8 Å². The van der Waals surface area contributed by atoms with Crippen LogP contribution in [0, 0.1) is 0 Å². The molecule has 0 aliphatic rings. The summed E-state index contributed by atoms with van der Waals surface area (Å²) in [5.41, 5.74) is 1.54. The van der Waals surface area contributed by atoms with Crippen LogP contribution >= 0.6 is 0 Å². The number of fused-ring (bicyclic) bond motifs is 1. The maximum absolute atomic E-state index is 12.4. The van der Waals surface area contributed by atoms with Crippen LogP contribution < -0.4 is 11.0 Å². The van der Waals surface area contributed by atoms with E-state index in [4.69, 9.17) is 9.26 Å². The first-order valence-corrected chi connectivity index (χ1v) is 8.90. The Labute approximate surface area is 155 Å². The second kappa shape index (κ2) is 8.17. The lowest BCUT2D eigenvalue weighted by Gasteiger charge is -2.05. The highest BCUT2D eigenvalue weighted by atomic mass is 16.5. The molecule has 2 heterocycles. The molecule has 3 rings (SSSR count). The number of imidazole rings is 1. The van der Waals surface area contributed by atoms with Gasteiger partial charge in [0.05, 0.1) is 30.7 Å². The molecule has 0 fully saturated rings. The summed E-state index contributed by atoms with van der Waals surface area (Å²) in [6, 6.07) is 5.07. The molecule has 0 aliphatic carbocycles. The summed E-state index contributed by atoms with van der Waals surface area (Å²) < 4.78 is 12.0. The number of nitrogens with zero attached hydrogens (tertiary/aromatic N) is 3. The molecular weight excluding hydrogens is 350 g/mol. The van der Waals surface area contributed by atoms with E-state index in [9.17, 15) is 9.59 Å². The van der Waals surface area contributed by atoms with Crippen molar-refractivity contribution in [2.75, 3.05) is 13.2 Å². The van der Waals surface area contributed by atoms with Crippen LogP contribution in [0.15, 0.2) is 27.5 Å². The zero-order valence-electron chi connectivity index (χ0n) is 15.6. The monoisotopic (exact) mass is 373 g/mol. The zero-order valence-corrected chi connectivity index (χ0v) is 15.6. The summed E-state index contributed by atoms with van der Waals surface area (Å²) in [5.74, 6) is 0.823. The molecule has 3 aromatic rings. The third-order valence-electron chi connectivity index (χ3n) is 4.10. The normalized spacial score (nSPS) is 11.4. The lowest BCUT2D eigenvalue weighted by Crippen LogP contribution is -2.23. The molecule has 0 saturated heterocycles. The van der Waals surface area contributed by atoms with Gasteiger partial charge in [-0.25, -0.2) is 4.79 Å². The SMILES string of the molecule is CCOCCn1c(=O)[nH]c2cc(C(=O)NCc3nc(C(C)C)no3)ccc21. The Hall–Kier alpha value is -2.94. The largest absolute Gasteiger partial charge is 0.380 e. The van der Waals surface area contributed by atoms with Crippen LogP contribution in [0.1, 0.15) is 48.8 Å². The fourth-order valence-corrected chi connectivity index (χ4v) is 2.66. The molecule has 144 valence electrons. The topological polar surface area (TPSA) is 115 Å². The molecule has 9 nitrogen and oxygen atoms in total. The van der Waals surface area contributed by atoms with Crippen molar-refractivity contribution >= 4 is 16.9 Å². The summed E-state index contributed by atoms with van der Waals surface area (Å²) in [4.78, 5) is 31.5. The molecule has 2 N–H and O–H groups in total. The van der Waals surface area contributed by atoms with E-state index in [1.54, 1.807) is 22.8 Å². The van der Waals surface area contributed by atoms with E-state index in [0.29, 0.717) is 42.6 Å². The fourth-order valence-electron chi connectivity index (χ4n) is 2.66. The minimum atomic E-state index is -0.288. The van der Waals surface area contributed by atoms with Crippen LogP contribution in [0.2, 0.25) is 0 Å². The number of H-pyrrole nitrogens is 1. The van der Waals surface area contributed by atoms with Gasteiger partial charge in [-0.2, -0.15) is 4.98 Å². The maximum Gasteiger partial charge on any atom is 0.326 e. The van der Waals surface area contributed by atoms with E-state index in [-0.39, 0.29) is 24.1 Å². The van der Waals surface area contributed by atoms with Crippen LogP contribution in [-0.4, -0.2) is 38.8 Å². The maximum atomic E-state index is 12.4. The van der Waals surface area contributed by atoms with E-state index in [2.05, 4.69) is 20.4 Å². The molecule has 1 amide bonds. The Morgan fingerprint density at radius 3 is 2.93 bits per heavy atom. The van der Waals surface area contributed by atoms with Crippen LogP contribution in [0.5, 0.6) is 0 Å². The third-order valence-corrected chi connectivity index (χ3v) is 4.10. The number of hydrogen-bond acceptors (Lipinski definition) is 6. The smallest absolute Gasteiger partial charge is 0.326 e. The summed E-state index contributed by atoms with van der Waals surface area (Å²) in [7, 11) is 0. The number of amides is 1. The Morgan fingerprint density at radius 2 is 2.22 bits per heavy atom. The number of nitrogens with one attached hydrogen (secondary N) is 2. The first kappa shape index (κ1) is 18.8. The van der Waals surface area contributed by atoms with Crippen molar-refractivity contribution in [3.05, 3.63) is 46.0 Å². The molecule has 0 spiro atoms. The Kier molecular flexibility index (Phi) is 5.70. The third kappa shape index (κ3) is 4.25. The molecule has 0 atom stereocenters. The second-order valence-corrected chi connectivity index (χ2v) is 6.39. The van der Waals surface area contributed by atoms with Gasteiger partial charge in [-0.05, 0) is 25.1 Å². The Morgan fingerprint density at radius 1 is 1.41 bits per heavy atom. The highest BCUT2D eigenvalue weighted by Crippen LogP contribution is 2.14. The van der Waals surface area contributed by atoms with Gasteiger partial charge in [0.25, 0.3) is 5.91 Å². The van der Waals surface area contributed by atoms with E-state index in [0.717, 1.165) is 5.52 Å². The van der Waals surface area contributed by atoms with Crippen molar-refractivity contribution in [2.24, 2.45) is 0 Å². The number of benzene rings is 1. The number of ether oxygens (including phenoxy) is 1. The van der Waals surface area contributed by atoms with Gasteiger partial charge in [0, 0.05) is 18.1 Å². The summed E-state index contributed by atoms with van der Waals surface area (Å²) in [5, 5.41) is 6.60. The molecule has 0 bridgehead atoms. The molecule has 1 aromatic carbocycles. The van der Waals surface area contributed by atoms with Gasteiger partial charge in [-0.15, -0.1) is 0 Å². The summed E-state index contributed by atoms with van der Waals surface area (Å²) >= 11 is 0. The van der Waals surface area contributed by atoms with Gasteiger partial charge in [-0.3, -0.25) is 9.36 Å². The molecular formula is C18H23N5O4. The molecule has 9 heteroatoms. The van der Waals surface area contributed by atoms with E-state index < -0.39 is 0 Å². The van der Waals surface area contributed by atoms with Gasteiger partial charge in [0.2, 0.25) is 5.89 Å². The lowest BCUT2D eigenvalue weighted by atomic mass is 10.2. The van der Waals surface area contributed by atoms with Crippen LogP contribution in [-0.2, 0) is 17.8 Å². The minimum absolute atomic E-state index is 0.141. The lowest BCUT2D eigenvalue weighted by molar-refractivity contribution is 0.0946. The highest BCUT2D eigenvalue weighted by Gasteiger charge is 2.13. The standard InChI is InChI=1S/C18H23N5O4/c1-4-26-8-7-23-14-6-5-12(9-13(14)20-18(23)25)17(24)19-10-15-21-16(11(2)3)22-27-15/h5-6,9,11H,4,7-8,10H2,1-3H3,(H,19,24)(H,20,25). The molecule has 0 saturated carbocycles. The average Bonchev–Trinajstić information content (AvgIpc) is 3.24. The molecule has 0 unspecified atom stereocenters. The van der Waals surface area contributed by atoms with Gasteiger partial charge in [0.15, 0.2) is 5.82 Å². The fraction of sp³-hybridized carbons (Fsp3) is 0.444. The first-order valence-electron chi connectivity index (χ1n) is 8.90. The van der Waals surface area contributed by atoms with Crippen molar-refractivity contribution in [1.29, 1.82) is 0 Å². The number of aromatic amines is 1. The van der Waals surface area contributed by atoms with E-state index in [1.165, 1.54) is 0 Å². The van der Waals surface area contributed by atoms with Gasteiger partial charge >= 0.3 is 5.69 Å². The predicted molar refractivity (Wildman–Crippen MR) is 98.6 cm³/mol. The quantitative estimate of drug-likeness (QED) is 0.582. The van der Waals surface area contributed by atoms with Gasteiger partial charge < -0.3 is 19.6 Å².